The summed E-state index contributed by atoms with van der Waals surface area (Å²) < 4.78 is 12.8. The van der Waals surface area contributed by atoms with E-state index < -0.39 is 5.97 Å². The molecule has 6 heteroatoms. The molecule has 2 fully saturated rings. The molecule has 0 aromatic heterocycles. The third-order valence-corrected chi connectivity index (χ3v) is 7.31. The Hall–Kier alpha value is -2.67. The predicted molar refractivity (Wildman–Crippen MR) is 141 cm³/mol. The summed E-state index contributed by atoms with van der Waals surface area (Å²) in [4.78, 5) is 13.3. The standard InChI is InChI=1S/C30H39NO5/c32-27-11-6-5-10-25(27)24-15-13-23(14-16-24)22-36-28-18-17-26(31-19-7-1-2-8-20-31)30(28)35-21-9-3-4-12-29(33)34/h3,5-6,9-11,13-16,26,28,30,32H,1-2,4,7-8,12,17-22H2,(H,33,34)/b9-3-/t26-,28?,30+/m0/s1. The van der Waals surface area contributed by atoms with Crippen LogP contribution in [0.1, 0.15) is 56.9 Å². The zero-order valence-corrected chi connectivity index (χ0v) is 21.1. The highest BCUT2D eigenvalue weighted by Crippen LogP contribution is 2.32. The number of phenolic OH excluding ortho intramolecular Hbond substituents is 1. The Kier molecular flexibility index (Phi) is 9.96. The van der Waals surface area contributed by atoms with E-state index in [0.717, 1.165) is 42.6 Å². The van der Waals surface area contributed by atoms with Crippen LogP contribution in [-0.4, -0.2) is 59.0 Å². The number of benzene rings is 2. The lowest BCUT2D eigenvalue weighted by molar-refractivity contribution is -0.136. The van der Waals surface area contributed by atoms with Gasteiger partial charge in [-0.1, -0.05) is 67.5 Å². The number of rotatable bonds is 11. The number of nitrogens with zero attached hydrogens (tertiary/aromatic N) is 1. The Labute approximate surface area is 214 Å². The van der Waals surface area contributed by atoms with Crippen molar-refractivity contribution in [1.29, 1.82) is 0 Å². The van der Waals surface area contributed by atoms with Crippen molar-refractivity contribution in [2.75, 3.05) is 19.7 Å². The van der Waals surface area contributed by atoms with E-state index >= 15 is 0 Å². The Morgan fingerprint density at radius 3 is 2.42 bits per heavy atom. The van der Waals surface area contributed by atoms with Crippen LogP contribution in [0.4, 0.5) is 0 Å². The van der Waals surface area contributed by atoms with E-state index in [1.54, 1.807) is 6.07 Å². The molecule has 1 aliphatic heterocycles. The number of para-hydroxylation sites is 1. The molecule has 2 N–H and O–H groups in total. The van der Waals surface area contributed by atoms with E-state index in [9.17, 15) is 9.90 Å². The lowest BCUT2D eigenvalue weighted by Gasteiger charge is -2.33. The number of phenols is 1. The first-order chi connectivity index (χ1) is 17.6. The smallest absolute Gasteiger partial charge is 0.303 e. The van der Waals surface area contributed by atoms with E-state index in [1.807, 2.05) is 42.5 Å². The van der Waals surface area contributed by atoms with Crippen molar-refractivity contribution in [3.8, 4) is 16.9 Å². The van der Waals surface area contributed by atoms with Crippen molar-refractivity contribution in [1.82, 2.24) is 4.90 Å². The molecule has 0 bridgehead atoms. The van der Waals surface area contributed by atoms with Crippen LogP contribution in [0.25, 0.3) is 11.1 Å². The van der Waals surface area contributed by atoms with Gasteiger partial charge in [-0.3, -0.25) is 9.69 Å². The molecule has 2 aliphatic rings. The fourth-order valence-electron chi connectivity index (χ4n) is 5.39. The minimum atomic E-state index is -0.778. The largest absolute Gasteiger partial charge is 0.507 e. The number of allylic oxidation sites excluding steroid dienone is 1. The lowest BCUT2D eigenvalue weighted by Crippen LogP contribution is -2.45. The van der Waals surface area contributed by atoms with Gasteiger partial charge >= 0.3 is 5.97 Å². The molecule has 1 saturated heterocycles. The number of likely N-dealkylation sites (tertiary alicyclic amines) is 1. The van der Waals surface area contributed by atoms with Crippen molar-refractivity contribution in [2.45, 2.75) is 76.2 Å². The number of aromatic hydroxyl groups is 1. The minimum Gasteiger partial charge on any atom is -0.507 e. The number of carboxylic acid groups (broad SMARTS) is 1. The van der Waals surface area contributed by atoms with Crippen molar-refractivity contribution in [3.05, 3.63) is 66.2 Å². The molecule has 194 valence electrons. The Bertz CT molecular complexity index is 981. The molecule has 3 atom stereocenters. The summed E-state index contributed by atoms with van der Waals surface area (Å²) in [6.07, 6.45) is 11.7. The summed E-state index contributed by atoms with van der Waals surface area (Å²) in [5.74, 6) is -0.497. The minimum absolute atomic E-state index is 0.00719. The SMILES string of the molecule is O=C(O)CC/C=C\CO[C@H]1C(OCc2ccc(-c3ccccc3O)cc2)CC[C@@H]1N1CCCCCC1. The first-order valence-corrected chi connectivity index (χ1v) is 13.3. The molecule has 4 rings (SSSR count). The van der Waals surface area contributed by atoms with Crippen LogP contribution in [0.5, 0.6) is 5.75 Å². The zero-order valence-electron chi connectivity index (χ0n) is 21.1. The third-order valence-electron chi connectivity index (χ3n) is 7.31. The summed E-state index contributed by atoms with van der Waals surface area (Å²) in [6.45, 7) is 3.25. The number of aliphatic carboxylic acids is 1. The molecule has 1 aliphatic carbocycles. The van der Waals surface area contributed by atoms with E-state index in [4.69, 9.17) is 14.6 Å². The molecular formula is C30H39NO5. The van der Waals surface area contributed by atoms with Crippen LogP contribution in [0.2, 0.25) is 0 Å². The highest BCUT2D eigenvalue weighted by Gasteiger charge is 2.40. The lowest BCUT2D eigenvalue weighted by atomic mass is 10.0. The molecule has 0 amide bonds. The van der Waals surface area contributed by atoms with Crippen molar-refractivity contribution in [3.63, 3.8) is 0 Å². The molecular weight excluding hydrogens is 454 g/mol. The van der Waals surface area contributed by atoms with Crippen LogP contribution in [0.3, 0.4) is 0 Å². The maximum absolute atomic E-state index is 10.7. The summed E-state index contributed by atoms with van der Waals surface area (Å²) in [6, 6.07) is 15.9. The average molecular weight is 494 g/mol. The van der Waals surface area contributed by atoms with Crippen molar-refractivity contribution >= 4 is 5.97 Å². The second-order valence-corrected chi connectivity index (χ2v) is 9.86. The highest BCUT2D eigenvalue weighted by molar-refractivity contribution is 5.70. The topological polar surface area (TPSA) is 79.2 Å². The fourth-order valence-corrected chi connectivity index (χ4v) is 5.39. The summed E-state index contributed by atoms with van der Waals surface area (Å²) in [7, 11) is 0. The number of hydrogen-bond donors (Lipinski definition) is 2. The van der Waals surface area contributed by atoms with Gasteiger partial charge in [0.2, 0.25) is 0 Å². The van der Waals surface area contributed by atoms with Crippen molar-refractivity contribution < 1.29 is 24.5 Å². The van der Waals surface area contributed by atoms with Gasteiger partial charge in [0.25, 0.3) is 0 Å². The van der Waals surface area contributed by atoms with Gasteiger partial charge in [0.1, 0.15) is 5.75 Å². The van der Waals surface area contributed by atoms with Crippen LogP contribution < -0.4 is 0 Å². The van der Waals surface area contributed by atoms with E-state index in [0.29, 0.717) is 25.7 Å². The molecule has 1 saturated carbocycles. The van der Waals surface area contributed by atoms with Crippen LogP contribution >= 0.6 is 0 Å². The van der Waals surface area contributed by atoms with E-state index in [-0.39, 0.29) is 24.4 Å². The fraction of sp³-hybridized carbons (Fsp3) is 0.500. The van der Waals surface area contributed by atoms with Gasteiger partial charge in [-0.05, 0) is 62.4 Å². The Morgan fingerprint density at radius 2 is 1.69 bits per heavy atom. The first kappa shape index (κ1) is 26.4. The first-order valence-electron chi connectivity index (χ1n) is 13.3. The quantitative estimate of drug-likeness (QED) is 0.386. The maximum Gasteiger partial charge on any atom is 0.303 e. The molecule has 1 heterocycles. The van der Waals surface area contributed by atoms with Crippen LogP contribution in [0.15, 0.2) is 60.7 Å². The van der Waals surface area contributed by atoms with Gasteiger partial charge in [-0.15, -0.1) is 0 Å². The molecule has 0 radical (unpaired) electrons. The van der Waals surface area contributed by atoms with Crippen molar-refractivity contribution in [2.24, 2.45) is 0 Å². The number of hydrogen-bond acceptors (Lipinski definition) is 5. The Morgan fingerprint density at radius 1 is 0.944 bits per heavy atom. The molecule has 0 spiro atoms. The van der Waals surface area contributed by atoms with Gasteiger partial charge in [0.15, 0.2) is 0 Å². The monoisotopic (exact) mass is 493 g/mol. The average Bonchev–Trinajstić information content (AvgIpc) is 3.08. The molecule has 36 heavy (non-hydrogen) atoms. The van der Waals surface area contributed by atoms with Gasteiger partial charge < -0.3 is 19.7 Å². The molecule has 2 aromatic rings. The second-order valence-electron chi connectivity index (χ2n) is 9.86. The molecule has 2 aromatic carbocycles. The number of carboxylic acids is 1. The summed E-state index contributed by atoms with van der Waals surface area (Å²) in [5.41, 5.74) is 2.90. The van der Waals surface area contributed by atoms with Gasteiger partial charge in [0, 0.05) is 18.0 Å². The van der Waals surface area contributed by atoms with Gasteiger partial charge in [-0.2, -0.15) is 0 Å². The van der Waals surface area contributed by atoms with E-state index in [1.165, 1.54) is 25.7 Å². The molecule has 1 unspecified atom stereocenters. The zero-order chi connectivity index (χ0) is 25.2. The maximum atomic E-state index is 10.7. The molecule has 6 nitrogen and oxygen atoms in total. The van der Waals surface area contributed by atoms with Crippen LogP contribution in [0, 0.1) is 0 Å². The second kappa shape index (κ2) is 13.6. The number of ether oxygens (including phenoxy) is 2. The summed E-state index contributed by atoms with van der Waals surface area (Å²) >= 11 is 0. The van der Waals surface area contributed by atoms with E-state index in [2.05, 4.69) is 17.0 Å². The van der Waals surface area contributed by atoms with Gasteiger partial charge in [0.05, 0.1) is 25.4 Å². The highest BCUT2D eigenvalue weighted by atomic mass is 16.5. The number of carbonyl (C=O) groups is 1. The Balaban J connectivity index is 1.36. The third kappa shape index (κ3) is 7.42. The predicted octanol–water partition coefficient (Wildman–Crippen LogP) is 5.79. The summed E-state index contributed by atoms with van der Waals surface area (Å²) in [5, 5.41) is 18.9. The van der Waals surface area contributed by atoms with Gasteiger partial charge in [-0.25, -0.2) is 0 Å². The normalized spacial score (nSPS) is 23.2. The van der Waals surface area contributed by atoms with Crippen LogP contribution in [-0.2, 0) is 20.9 Å².